The van der Waals surface area contributed by atoms with Crippen molar-refractivity contribution in [1.29, 1.82) is 0 Å². The lowest BCUT2D eigenvalue weighted by Gasteiger charge is -2.15. The number of imide groups is 1. The number of halogens is 1. The zero-order chi connectivity index (χ0) is 18.0. The number of carbonyl (C=O) groups is 3. The maximum absolute atomic E-state index is 12.4. The highest BCUT2D eigenvalue weighted by atomic mass is 35.5. The average Bonchev–Trinajstić information content (AvgIpc) is 2.83. The highest BCUT2D eigenvalue weighted by Gasteiger charge is 2.38. The number of anilines is 1. The first-order chi connectivity index (χ1) is 12.0. The van der Waals surface area contributed by atoms with Crippen LogP contribution < -0.4 is 10.1 Å². The van der Waals surface area contributed by atoms with Crippen LogP contribution in [0.25, 0.3) is 0 Å². The van der Waals surface area contributed by atoms with E-state index in [-0.39, 0.29) is 16.1 Å². The quantitative estimate of drug-likeness (QED) is 0.834. The summed E-state index contributed by atoms with van der Waals surface area (Å²) in [5, 5.41) is 2.86. The molecule has 2 aromatic rings. The van der Waals surface area contributed by atoms with Crippen molar-refractivity contribution in [3.05, 3.63) is 58.6 Å². The number of rotatable bonds is 5. The summed E-state index contributed by atoms with van der Waals surface area (Å²) in [7, 11) is 0. The number of hydrogen-bond acceptors (Lipinski definition) is 4. The van der Waals surface area contributed by atoms with Gasteiger partial charge in [-0.05, 0) is 31.2 Å². The van der Waals surface area contributed by atoms with Crippen molar-refractivity contribution in [2.45, 2.75) is 6.92 Å². The average molecular weight is 359 g/mol. The fourth-order valence-electron chi connectivity index (χ4n) is 2.62. The lowest BCUT2D eigenvalue weighted by atomic mass is 10.1. The van der Waals surface area contributed by atoms with Gasteiger partial charge in [0.05, 0.1) is 28.4 Å². The second-order valence-electron chi connectivity index (χ2n) is 5.34. The minimum atomic E-state index is -0.571. The molecule has 0 radical (unpaired) electrons. The van der Waals surface area contributed by atoms with Gasteiger partial charge in [-0.25, -0.2) is 0 Å². The van der Waals surface area contributed by atoms with Gasteiger partial charge in [0.2, 0.25) is 5.91 Å². The molecule has 0 aromatic heterocycles. The second kappa shape index (κ2) is 6.94. The van der Waals surface area contributed by atoms with Crippen molar-refractivity contribution >= 4 is 35.0 Å². The van der Waals surface area contributed by atoms with Crippen LogP contribution in [0.1, 0.15) is 27.6 Å². The van der Waals surface area contributed by atoms with Crippen molar-refractivity contribution in [3.8, 4) is 5.75 Å². The van der Waals surface area contributed by atoms with E-state index in [0.717, 1.165) is 4.90 Å². The lowest BCUT2D eigenvalue weighted by molar-refractivity contribution is -0.116. The number of nitrogens with zero attached hydrogens (tertiary/aromatic N) is 1. The van der Waals surface area contributed by atoms with Gasteiger partial charge in [-0.3, -0.25) is 19.3 Å². The third-order valence-electron chi connectivity index (χ3n) is 3.71. The molecule has 0 unspecified atom stereocenters. The van der Waals surface area contributed by atoms with Crippen molar-refractivity contribution in [3.63, 3.8) is 0 Å². The minimum Gasteiger partial charge on any atom is -0.492 e. The van der Waals surface area contributed by atoms with Gasteiger partial charge in [0, 0.05) is 0 Å². The zero-order valence-corrected chi connectivity index (χ0v) is 14.2. The number of para-hydroxylation sites is 2. The number of hydrogen-bond donors (Lipinski definition) is 1. The molecule has 0 aliphatic carbocycles. The van der Waals surface area contributed by atoms with E-state index in [1.807, 2.05) is 6.92 Å². The molecule has 3 rings (SSSR count). The fraction of sp³-hybridized carbons (Fsp3) is 0.167. The van der Waals surface area contributed by atoms with E-state index in [1.165, 1.54) is 12.1 Å². The van der Waals surface area contributed by atoms with Crippen LogP contribution in [0.5, 0.6) is 5.75 Å². The fourth-order valence-corrected chi connectivity index (χ4v) is 2.88. The summed E-state index contributed by atoms with van der Waals surface area (Å²) in [6.07, 6.45) is 0. The van der Waals surface area contributed by atoms with Crippen LogP contribution in [0, 0.1) is 0 Å². The molecule has 3 amide bonds. The number of carbonyl (C=O) groups excluding carboxylic acids is 3. The van der Waals surface area contributed by atoms with Gasteiger partial charge in [-0.15, -0.1) is 0 Å². The summed E-state index contributed by atoms with van der Waals surface area (Å²) < 4.78 is 5.44. The largest absolute Gasteiger partial charge is 0.492 e. The molecule has 1 heterocycles. The van der Waals surface area contributed by atoms with Gasteiger partial charge in [0.25, 0.3) is 11.8 Å². The molecule has 0 bridgehead atoms. The normalized spacial score (nSPS) is 13.0. The van der Waals surface area contributed by atoms with Crippen LogP contribution in [0.15, 0.2) is 42.5 Å². The first-order valence-corrected chi connectivity index (χ1v) is 8.07. The summed E-state index contributed by atoms with van der Waals surface area (Å²) in [6.45, 7) is 1.88. The predicted octanol–water partition coefficient (Wildman–Crippen LogP) is 2.97. The SMILES string of the molecule is CCOc1ccccc1NC(=O)CN1C(=O)c2cccc(Cl)c2C1=O. The Hall–Kier alpha value is -2.86. The van der Waals surface area contributed by atoms with E-state index in [1.54, 1.807) is 30.3 Å². The van der Waals surface area contributed by atoms with Crippen molar-refractivity contribution in [1.82, 2.24) is 4.90 Å². The van der Waals surface area contributed by atoms with Crippen molar-refractivity contribution in [2.75, 3.05) is 18.5 Å². The molecule has 25 heavy (non-hydrogen) atoms. The molecule has 1 N–H and O–H groups in total. The summed E-state index contributed by atoms with van der Waals surface area (Å²) in [5.74, 6) is -1.09. The minimum absolute atomic E-state index is 0.136. The number of fused-ring (bicyclic) bond motifs is 1. The molecule has 2 aromatic carbocycles. The van der Waals surface area contributed by atoms with Crippen LogP contribution in [0.2, 0.25) is 5.02 Å². The Morgan fingerprint density at radius 1 is 1.12 bits per heavy atom. The number of ether oxygens (including phenoxy) is 1. The molecule has 0 spiro atoms. The molecule has 1 aliphatic rings. The molecule has 1 aliphatic heterocycles. The summed E-state index contributed by atoms with van der Waals surface area (Å²) in [6, 6.07) is 11.6. The Morgan fingerprint density at radius 2 is 1.88 bits per heavy atom. The van der Waals surface area contributed by atoms with Crippen LogP contribution in [0.4, 0.5) is 5.69 Å². The van der Waals surface area contributed by atoms with Gasteiger partial charge in [-0.2, -0.15) is 0 Å². The van der Waals surface area contributed by atoms with Crippen molar-refractivity contribution in [2.24, 2.45) is 0 Å². The first kappa shape index (κ1) is 17.0. The molecule has 128 valence electrons. The molecular weight excluding hydrogens is 344 g/mol. The highest BCUT2D eigenvalue weighted by molar-refractivity contribution is 6.37. The second-order valence-corrected chi connectivity index (χ2v) is 5.74. The summed E-state index contributed by atoms with van der Waals surface area (Å²) in [4.78, 5) is 38.0. The van der Waals surface area contributed by atoms with Gasteiger partial charge < -0.3 is 10.1 Å². The van der Waals surface area contributed by atoms with Crippen LogP contribution >= 0.6 is 11.6 Å². The molecule has 6 nitrogen and oxygen atoms in total. The number of benzene rings is 2. The molecule has 7 heteroatoms. The van der Waals surface area contributed by atoms with Gasteiger partial charge in [-0.1, -0.05) is 29.8 Å². The van der Waals surface area contributed by atoms with Gasteiger partial charge in [0.1, 0.15) is 12.3 Å². The zero-order valence-electron chi connectivity index (χ0n) is 13.4. The maximum atomic E-state index is 12.4. The molecule has 0 atom stereocenters. The van der Waals surface area contributed by atoms with Crippen LogP contribution in [0.3, 0.4) is 0 Å². The van der Waals surface area contributed by atoms with E-state index >= 15 is 0 Å². The Kier molecular flexibility index (Phi) is 4.72. The molecule has 0 fully saturated rings. The summed E-state index contributed by atoms with van der Waals surface area (Å²) >= 11 is 6.00. The van der Waals surface area contributed by atoms with Crippen molar-refractivity contribution < 1.29 is 19.1 Å². The first-order valence-electron chi connectivity index (χ1n) is 7.69. The van der Waals surface area contributed by atoms with E-state index in [9.17, 15) is 14.4 Å². The Labute approximate surface area is 149 Å². The standard InChI is InChI=1S/C18H15ClN2O4/c1-2-25-14-9-4-3-8-13(14)20-15(22)10-21-17(23)11-6-5-7-12(19)16(11)18(21)24/h3-9H,2,10H2,1H3,(H,20,22). The van der Waals surface area contributed by atoms with Gasteiger partial charge in [0.15, 0.2) is 0 Å². The lowest BCUT2D eigenvalue weighted by Crippen LogP contribution is -2.37. The number of amides is 3. The number of nitrogens with one attached hydrogen (secondary N) is 1. The van der Waals surface area contributed by atoms with Crippen LogP contribution in [-0.4, -0.2) is 35.8 Å². The molecular formula is C18H15ClN2O4. The van der Waals surface area contributed by atoms with E-state index in [4.69, 9.17) is 16.3 Å². The third kappa shape index (κ3) is 3.21. The Morgan fingerprint density at radius 3 is 2.60 bits per heavy atom. The Bertz CT molecular complexity index is 866. The Balaban J connectivity index is 1.76. The topological polar surface area (TPSA) is 75.7 Å². The van der Waals surface area contributed by atoms with Gasteiger partial charge >= 0.3 is 0 Å². The highest BCUT2D eigenvalue weighted by Crippen LogP contribution is 2.29. The molecule has 0 saturated heterocycles. The maximum Gasteiger partial charge on any atom is 0.263 e. The smallest absolute Gasteiger partial charge is 0.263 e. The predicted molar refractivity (Wildman–Crippen MR) is 93.1 cm³/mol. The third-order valence-corrected chi connectivity index (χ3v) is 4.03. The summed E-state index contributed by atoms with van der Waals surface area (Å²) in [5.41, 5.74) is 0.820. The monoisotopic (exact) mass is 358 g/mol. The van der Waals surface area contributed by atoms with Crippen LogP contribution in [-0.2, 0) is 4.79 Å². The van der Waals surface area contributed by atoms with E-state index in [0.29, 0.717) is 18.0 Å². The van der Waals surface area contributed by atoms with E-state index in [2.05, 4.69) is 5.32 Å². The van der Waals surface area contributed by atoms with E-state index < -0.39 is 24.3 Å². The molecule has 0 saturated carbocycles.